The van der Waals surface area contributed by atoms with Crippen LogP contribution in [-0.2, 0) is 33.2 Å². The van der Waals surface area contributed by atoms with E-state index >= 15 is 0 Å². The van der Waals surface area contributed by atoms with Crippen molar-refractivity contribution < 1.29 is 89.4 Å². The van der Waals surface area contributed by atoms with Crippen molar-refractivity contribution in [3.8, 4) is 0 Å². The number of allylic oxidation sites excluding steroid dienone is 5. The Kier molecular flexibility index (Phi) is 41.0. The number of hydrogen-bond donors (Lipinski definition) is 12. The summed E-state index contributed by atoms with van der Waals surface area (Å²) in [5.41, 5.74) is 0. The van der Waals surface area contributed by atoms with Gasteiger partial charge in [0.25, 0.3) is 0 Å². The van der Waals surface area contributed by atoms with E-state index in [9.17, 15) is 61.0 Å². The van der Waals surface area contributed by atoms with Gasteiger partial charge in [0.05, 0.1) is 38.6 Å². The Balaban J connectivity index is 1.31. The van der Waals surface area contributed by atoms with Crippen LogP contribution in [0.3, 0.4) is 0 Å². The highest BCUT2D eigenvalue weighted by molar-refractivity contribution is 5.76. The highest BCUT2D eigenvalue weighted by Gasteiger charge is 2.53. The van der Waals surface area contributed by atoms with E-state index < -0.39 is 124 Å². The van der Waals surface area contributed by atoms with Gasteiger partial charge >= 0.3 is 0 Å². The molecule has 17 unspecified atom stereocenters. The van der Waals surface area contributed by atoms with Crippen molar-refractivity contribution in [2.24, 2.45) is 0 Å². The second kappa shape index (κ2) is 45.3. The minimum Gasteiger partial charge on any atom is -0.394 e. The minimum atomic E-state index is -1.98. The van der Waals surface area contributed by atoms with Crippen molar-refractivity contribution in [2.75, 3.05) is 26.4 Å². The number of aliphatic hydroxyl groups excluding tert-OH is 11. The molecular formula is C62H113NO18. The summed E-state index contributed by atoms with van der Waals surface area (Å²) in [6.07, 6.45) is 24.4. The average molecular weight is 1160 g/mol. The zero-order chi connectivity index (χ0) is 59.0. The summed E-state index contributed by atoms with van der Waals surface area (Å²) in [5.74, 6) is -0.315. The minimum absolute atomic E-state index is 0.217. The Morgan fingerprint density at radius 3 is 1.23 bits per heavy atom. The van der Waals surface area contributed by atoms with E-state index in [1.165, 1.54) is 148 Å². The summed E-state index contributed by atoms with van der Waals surface area (Å²) in [6.45, 7) is 1.50. The van der Waals surface area contributed by atoms with Gasteiger partial charge in [-0.25, -0.2) is 0 Å². The predicted octanol–water partition coefficient (Wildman–Crippen LogP) is 6.49. The Morgan fingerprint density at radius 1 is 0.432 bits per heavy atom. The topological polar surface area (TPSA) is 307 Å². The summed E-state index contributed by atoms with van der Waals surface area (Å²) < 4.78 is 34.0. The number of amides is 1. The molecule has 3 aliphatic heterocycles. The summed E-state index contributed by atoms with van der Waals surface area (Å²) in [5, 5.41) is 119. The molecular weight excluding hydrogens is 1050 g/mol. The van der Waals surface area contributed by atoms with Crippen molar-refractivity contribution in [3.05, 3.63) is 36.5 Å². The van der Waals surface area contributed by atoms with E-state index in [0.29, 0.717) is 12.8 Å². The highest BCUT2D eigenvalue weighted by atomic mass is 16.8. The predicted molar refractivity (Wildman–Crippen MR) is 309 cm³/mol. The normalized spacial score (nSPS) is 30.0. The molecule has 81 heavy (non-hydrogen) atoms. The number of ether oxygens (including phenoxy) is 6. The number of carbonyl (C=O) groups excluding carboxylic acids is 1. The molecule has 3 rings (SSSR count). The van der Waals surface area contributed by atoms with E-state index in [-0.39, 0.29) is 18.9 Å². The third-order valence-electron chi connectivity index (χ3n) is 15.9. The van der Waals surface area contributed by atoms with Crippen LogP contribution in [0.25, 0.3) is 0 Å². The molecule has 3 heterocycles. The maximum absolute atomic E-state index is 12.9. The molecule has 19 heteroatoms. The Bertz CT molecular complexity index is 1620. The molecule has 0 aromatic rings. The second-order valence-electron chi connectivity index (χ2n) is 22.9. The van der Waals surface area contributed by atoms with Gasteiger partial charge in [0.15, 0.2) is 18.9 Å². The van der Waals surface area contributed by atoms with E-state index in [4.69, 9.17) is 28.4 Å². The molecule has 17 atom stereocenters. The first-order chi connectivity index (χ1) is 39.3. The zero-order valence-electron chi connectivity index (χ0n) is 49.5. The van der Waals surface area contributed by atoms with Gasteiger partial charge in [0.2, 0.25) is 5.91 Å². The third kappa shape index (κ3) is 28.8. The monoisotopic (exact) mass is 1160 g/mol. The van der Waals surface area contributed by atoms with Crippen LogP contribution in [0.1, 0.15) is 219 Å². The lowest BCUT2D eigenvalue weighted by Gasteiger charge is -2.48. The van der Waals surface area contributed by atoms with Crippen molar-refractivity contribution in [1.29, 1.82) is 0 Å². The number of unbranched alkanes of at least 4 members (excludes halogenated alkanes) is 27. The zero-order valence-corrected chi connectivity index (χ0v) is 49.5. The molecule has 0 aliphatic carbocycles. The van der Waals surface area contributed by atoms with Crippen LogP contribution in [-0.4, -0.2) is 193 Å². The van der Waals surface area contributed by atoms with E-state index in [2.05, 4.69) is 36.5 Å². The molecule has 0 aromatic carbocycles. The molecule has 474 valence electrons. The lowest BCUT2D eigenvalue weighted by atomic mass is 9.96. The molecule has 0 aromatic heterocycles. The van der Waals surface area contributed by atoms with Crippen molar-refractivity contribution in [2.45, 2.75) is 324 Å². The van der Waals surface area contributed by atoms with E-state index in [1.54, 1.807) is 6.08 Å². The first-order valence-corrected chi connectivity index (χ1v) is 31.7. The fourth-order valence-corrected chi connectivity index (χ4v) is 10.7. The summed E-state index contributed by atoms with van der Waals surface area (Å²) in [6, 6.07) is -0.989. The van der Waals surface area contributed by atoms with Crippen LogP contribution in [0.5, 0.6) is 0 Å². The maximum Gasteiger partial charge on any atom is 0.220 e. The highest BCUT2D eigenvalue weighted by Crippen LogP contribution is 2.33. The first kappa shape index (κ1) is 73.3. The molecule has 0 spiro atoms. The Morgan fingerprint density at radius 2 is 0.790 bits per heavy atom. The summed E-state index contributed by atoms with van der Waals surface area (Å²) in [4.78, 5) is 12.9. The van der Waals surface area contributed by atoms with Gasteiger partial charge in [0, 0.05) is 6.42 Å². The smallest absolute Gasteiger partial charge is 0.220 e. The molecule has 3 fully saturated rings. The van der Waals surface area contributed by atoms with Crippen LogP contribution in [0.2, 0.25) is 0 Å². The molecule has 3 saturated heterocycles. The number of carbonyl (C=O) groups is 1. The van der Waals surface area contributed by atoms with Crippen LogP contribution in [0.15, 0.2) is 36.5 Å². The van der Waals surface area contributed by atoms with Crippen LogP contribution in [0, 0.1) is 0 Å². The lowest BCUT2D eigenvalue weighted by molar-refractivity contribution is -0.379. The van der Waals surface area contributed by atoms with Gasteiger partial charge < -0.3 is 89.9 Å². The Hall–Kier alpha value is -1.99. The summed E-state index contributed by atoms with van der Waals surface area (Å²) >= 11 is 0. The van der Waals surface area contributed by atoms with Gasteiger partial charge in [-0.1, -0.05) is 204 Å². The fourth-order valence-electron chi connectivity index (χ4n) is 10.7. The summed E-state index contributed by atoms with van der Waals surface area (Å²) in [7, 11) is 0. The Labute approximate surface area is 485 Å². The number of nitrogens with one attached hydrogen (secondary N) is 1. The van der Waals surface area contributed by atoms with Gasteiger partial charge in [-0.05, 0) is 44.9 Å². The van der Waals surface area contributed by atoms with Crippen LogP contribution in [0.4, 0.5) is 0 Å². The van der Waals surface area contributed by atoms with Crippen molar-refractivity contribution >= 4 is 5.91 Å². The molecule has 12 N–H and O–H groups in total. The largest absolute Gasteiger partial charge is 0.394 e. The molecule has 1 amide bonds. The second-order valence-corrected chi connectivity index (χ2v) is 22.9. The lowest BCUT2D eigenvalue weighted by Crippen LogP contribution is -2.66. The molecule has 19 nitrogen and oxygen atoms in total. The molecule has 0 saturated carbocycles. The fraction of sp³-hybridized carbons (Fsp3) is 0.887. The van der Waals surface area contributed by atoms with Gasteiger partial charge in [-0.15, -0.1) is 0 Å². The SMILES string of the molecule is CCCCCCCCCCCCCCCCCCCCCCCCC/C=C/CC/C=C/CC/C=C/C(O)C(COC1OC(CO)C(OC2OC(CO)C(OC3OC(CO)C(O)C(O)C3O)C(O)C2O)C(O)C1O)NC(=O)CCCCC. The molecule has 0 radical (unpaired) electrons. The molecule has 0 bridgehead atoms. The van der Waals surface area contributed by atoms with Gasteiger partial charge in [0.1, 0.15) is 73.2 Å². The third-order valence-corrected chi connectivity index (χ3v) is 15.9. The van der Waals surface area contributed by atoms with Crippen LogP contribution >= 0.6 is 0 Å². The maximum atomic E-state index is 12.9. The van der Waals surface area contributed by atoms with E-state index in [1.807, 2.05) is 13.0 Å². The molecule has 3 aliphatic rings. The average Bonchev–Trinajstić information content (AvgIpc) is 3.57. The van der Waals surface area contributed by atoms with Gasteiger partial charge in [-0.3, -0.25) is 4.79 Å². The van der Waals surface area contributed by atoms with E-state index in [0.717, 1.165) is 38.5 Å². The quantitative estimate of drug-likeness (QED) is 0.0229. The van der Waals surface area contributed by atoms with Crippen molar-refractivity contribution in [3.63, 3.8) is 0 Å². The van der Waals surface area contributed by atoms with Crippen LogP contribution < -0.4 is 5.32 Å². The number of aliphatic hydroxyl groups is 11. The first-order valence-electron chi connectivity index (χ1n) is 31.7. The number of rotatable bonds is 47. The standard InChI is InChI=1S/C62H113NO18/c1-3-5-7-8-9-10-11-12-13-14-15-16-17-18-19-20-21-22-23-24-25-26-27-28-29-30-31-32-33-34-35-36-38-39-46(67)45(63-50(68)40-37-6-4-2)44-76-60-56(74)53(71)58(48(42-65)78-60)81-62-57(75)54(72)59(49(43-66)79-62)80-61-55(73)52(70)51(69)47(41-64)77-61/h29-30,33-34,38-39,45-49,51-62,64-67,69-75H,3-28,31-32,35-37,40-44H2,1-2H3,(H,63,68)/b30-29+,34-33+,39-38+. The number of hydrogen-bond acceptors (Lipinski definition) is 18. The van der Waals surface area contributed by atoms with Crippen molar-refractivity contribution in [1.82, 2.24) is 5.32 Å². The van der Waals surface area contributed by atoms with Gasteiger partial charge in [-0.2, -0.15) is 0 Å².